The van der Waals surface area contributed by atoms with E-state index in [1.54, 1.807) is 31.2 Å². The van der Waals surface area contributed by atoms with Crippen molar-refractivity contribution < 1.29 is 17.9 Å². The Morgan fingerprint density at radius 2 is 1.64 bits per heavy atom. The minimum absolute atomic E-state index is 0.136. The molecule has 7 heteroatoms. The third-order valence-electron chi connectivity index (χ3n) is 4.77. The number of ether oxygens (including phenoxy) is 1. The fraction of sp³-hybridized carbons (Fsp3) is 0.381. The lowest BCUT2D eigenvalue weighted by Crippen LogP contribution is -2.37. The van der Waals surface area contributed by atoms with Crippen molar-refractivity contribution in [2.75, 3.05) is 17.6 Å². The zero-order chi connectivity index (χ0) is 21.1. The van der Waals surface area contributed by atoms with Crippen LogP contribution >= 0.6 is 0 Å². The largest absolute Gasteiger partial charge is 0.481 e. The molecule has 6 nitrogen and oxygen atoms in total. The van der Waals surface area contributed by atoms with E-state index in [0.29, 0.717) is 11.4 Å². The minimum atomic E-state index is -3.32. The third kappa shape index (κ3) is 5.48. The van der Waals surface area contributed by atoms with E-state index >= 15 is 0 Å². The van der Waals surface area contributed by atoms with Crippen LogP contribution in [0.15, 0.2) is 42.5 Å². The van der Waals surface area contributed by atoms with E-state index in [1.807, 2.05) is 26.0 Å². The van der Waals surface area contributed by atoms with Crippen molar-refractivity contribution in [1.29, 1.82) is 0 Å². The highest BCUT2D eigenvalue weighted by Gasteiger charge is 2.18. The second kappa shape index (κ2) is 8.65. The van der Waals surface area contributed by atoms with Gasteiger partial charge in [0.05, 0.1) is 18.0 Å². The van der Waals surface area contributed by atoms with Crippen LogP contribution in [0.4, 0.5) is 5.69 Å². The SMILES string of the molecule is Cc1ccc([C@@H](C)NC(=O)[C@@H](C)Oc2ccc(N(C)S(C)(=O)=O)cc2)cc1C. The summed E-state index contributed by atoms with van der Waals surface area (Å²) in [6, 6.07) is 12.6. The molecule has 0 spiro atoms. The topological polar surface area (TPSA) is 75.7 Å². The summed E-state index contributed by atoms with van der Waals surface area (Å²) >= 11 is 0. The molecule has 0 saturated heterocycles. The van der Waals surface area contributed by atoms with Gasteiger partial charge in [-0.15, -0.1) is 0 Å². The Morgan fingerprint density at radius 3 is 2.18 bits per heavy atom. The van der Waals surface area contributed by atoms with Crippen LogP contribution in [0.2, 0.25) is 0 Å². The van der Waals surface area contributed by atoms with Gasteiger partial charge in [-0.3, -0.25) is 9.10 Å². The predicted octanol–water partition coefficient (Wildman–Crippen LogP) is 3.34. The highest BCUT2D eigenvalue weighted by molar-refractivity contribution is 7.92. The van der Waals surface area contributed by atoms with E-state index in [4.69, 9.17) is 4.74 Å². The van der Waals surface area contributed by atoms with Gasteiger partial charge in [0.15, 0.2) is 6.10 Å². The maximum Gasteiger partial charge on any atom is 0.261 e. The van der Waals surface area contributed by atoms with Crippen LogP contribution in [0.1, 0.15) is 36.6 Å². The lowest BCUT2D eigenvalue weighted by Gasteiger charge is -2.20. The molecule has 0 radical (unpaired) electrons. The number of carbonyl (C=O) groups excluding carboxylic acids is 1. The van der Waals surface area contributed by atoms with Crippen LogP contribution in [0.25, 0.3) is 0 Å². The molecule has 0 aromatic heterocycles. The van der Waals surface area contributed by atoms with E-state index in [2.05, 4.69) is 18.3 Å². The lowest BCUT2D eigenvalue weighted by molar-refractivity contribution is -0.127. The summed E-state index contributed by atoms with van der Waals surface area (Å²) < 4.78 is 30.0. The highest BCUT2D eigenvalue weighted by Crippen LogP contribution is 2.21. The van der Waals surface area contributed by atoms with Gasteiger partial charge in [-0.05, 0) is 68.7 Å². The van der Waals surface area contributed by atoms with Crippen LogP contribution < -0.4 is 14.4 Å². The molecule has 0 unspecified atom stereocenters. The monoisotopic (exact) mass is 404 g/mol. The minimum Gasteiger partial charge on any atom is -0.481 e. The number of nitrogens with zero attached hydrogens (tertiary/aromatic N) is 1. The maximum atomic E-state index is 12.5. The molecule has 2 atom stereocenters. The molecule has 0 aliphatic rings. The van der Waals surface area contributed by atoms with Crippen molar-refractivity contribution in [1.82, 2.24) is 5.32 Å². The Hall–Kier alpha value is -2.54. The Bertz CT molecular complexity index is 939. The van der Waals surface area contributed by atoms with E-state index in [0.717, 1.165) is 11.8 Å². The first-order valence-corrected chi connectivity index (χ1v) is 10.9. The number of carbonyl (C=O) groups is 1. The number of hydrogen-bond donors (Lipinski definition) is 1. The van der Waals surface area contributed by atoms with Crippen molar-refractivity contribution in [2.24, 2.45) is 0 Å². The van der Waals surface area contributed by atoms with Crippen LogP contribution in [0, 0.1) is 13.8 Å². The normalized spacial score (nSPS) is 13.5. The van der Waals surface area contributed by atoms with Gasteiger partial charge >= 0.3 is 0 Å². The number of sulfonamides is 1. The van der Waals surface area contributed by atoms with Gasteiger partial charge in [0.25, 0.3) is 5.91 Å². The molecule has 0 aliphatic heterocycles. The molecule has 152 valence electrons. The summed E-state index contributed by atoms with van der Waals surface area (Å²) in [5.41, 5.74) is 3.96. The molecule has 0 fully saturated rings. The van der Waals surface area contributed by atoms with Crippen molar-refractivity contribution in [3.63, 3.8) is 0 Å². The maximum absolute atomic E-state index is 12.5. The number of hydrogen-bond acceptors (Lipinski definition) is 4. The van der Waals surface area contributed by atoms with Gasteiger partial charge in [-0.2, -0.15) is 0 Å². The molecular weight excluding hydrogens is 376 g/mol. The Labute approximate surface area is 167 Å². The van der Waals surface area contributed by atoms with Gasteiger partial charge in [0.1, 0.15) is 5.75 Å². The zero-order valence-corrected chi connectivity index (χ0v) is 18.0. The van der Waals surface area contributed by atoms with Gasteiger partial charge in [0, 0.05) is 7.05 Å². The number of rotatable bonds is 7. The first-order chi connectivity index (χ1) is 13.0. The van der Waals surface area contributed by atoms with E-state index in [1.165, 1.54) is 22.5 Å². The molecule has 28 heavy (non-hydrogen) atoms. The molecule has 0 aliphatic carbocycles. The second-order valence-electron chi connectivity index (χ2n) is 7.06. The van der Waals surface area contributed by atoms with Crippen LogP contribution in [0.5, 0.6) is 5.75 Å². The molecule has 0 bridgehead atoms. The Morgan fingerprint density at radius 1 is 1.04 bits per heavy atom. The number of anilines is 1. The smallest absolute Gasteiger partial charge is 0.261 e. The summed E-state index contributed by atoms with van der Waals surface area (Å²) in [6.07, 6.45) is 0.452. The lowest BCUT2D eigenvalue weighted by atomic mass is 10.0. The highest BCUT2D eigenvalue weighted by atomic mass is 32.2. The van der Waals surface area contributed by atoms with Crippen LogP contribution in [0.3, 0.4) is 0 Å². The fourth-order valence-corrected chi connectivity index (χ4v) is 3.14. The first-order valence-electron chi connectivity index (χ1n) is 9.07. The molecule has 1 amide bonds. The average molecular weight is 405 g/mol. The van der Waals surface area contributed by atoms with Gasteiger partial charge < -0.3 is 10.1 Å². The Balaban J connectivity index is 1.99. The van der Waals surface area contributed by atoms with Gasteiger partial charge in [-0.1, -0.05) is 18.2 Å². The number of aryl methyl sites for hydroxylation is 2. The molecule has 0 heterocycles. The fourth-order valence-electron chi connectivity index (χ4n) is 2.63. The van der Waals surface area contributed by atoms with E-state index in [9.17, 15) is 13.2 Å². The van der Waals surface area contributed by atoms with Gasteiger partial charge in [-0.25, -0.2) is 8.42 Å². The third-order valence-corrected chi connectivity index (χ3v) is 5.98. The summed E-state index contributed by atoms with van der Waals surface area (Å²) in [6.45, 7) is 7.71. The van der Waals surface area contributed by atoms with Crippen LogP contribution in [-0.4, -0.2) is 33.7 Å². The summed E-state index contributed by atoms with van der Waals surface area (Å²) in [4.78, 5) is 12.5. The molecule has 0 saturated carbocycles. The van der Waals surface area contributed by atoms with E-state index < -0.39 is 16.1 Å². The number of benzene rings is 2. The molecule has 2 aromatic rings. The summed E-state index contributed by atoms with van der Waals surface area (Å²) in [5, 5.41) is 2.96. The number of amides is 1. The molecule has 1 N–H and O–H groups in total. The van der Waals surface area contributed by atoms with Crippen molar-refractivity contribution >= 4 is 21.6 Å². The first kappa shape index (κ1) is 21.8. The van der Waals surface area contributed by atoms with Gasteiger partial charge in [0.2, 0.25) is 10.0 Å². The zero-order valence-electron chi connectivity index (χ0n) is 17.2. The van der Waals surface area contributed by atoms with Crippen molar-refractivity contribution in [3.8, 4) is 5.75 Å². The van der Waals surface area contributed by atoms with Crippen LogP contribution in [-0.2, 0) is 14.8 Å². The number of nitrogens with one attached hydrogen (secondary N) is 1. The Kier molecular flexibility index (Phi) is 6.72. The molecule has 2 rings (SSSR count). The average Bonchev–Trinajstić information content (AvgIpc) is 2.63. The van der Waals surface area contributed by atoms with Crippen molar-refractivity contribution in [2.45, 2.75) is 39.8 Å². The summed E-state index contributed by atoms with van der Waals surface area (Å²) in [7, 11) is -1.84. The second-order valence-corrected chi connectivity index (χ2v) is 9.07. The quantitative estimate of drug-likeness (QED) is 0.768. The predicted molar refractivity (Wildman–Crippen MR) is 112 cm³/mol. The van der Waals surface area contributed by atoms with E-state index in [-0.39, 0.29) is 11.9 Å². The standard InChI is InChI=1S/C21H28N2O4S/c1-14-7-8-18(13-15(14)2)16(3)22-21(24)17(4)27-20-11-9-19(10-12-20)23(5)28(6,25)26/h7-13,16-17H,1-6H3,(H,22,24)/t16-,17-/m1/s1. The molecular formula is C21H28N2O4S. The summed E-state index contributed by atoms with van der Waals surface area (Å²) in [5.74, 6) is 0.273. The van der Waals surface area contributed by atoms with Crippen molar-refractivity contribution in [3.05, 3.63) is 59.2 Å². The molecule has 2 aromatic carbocycles.